The quantitative estimate of drug-likeness (QED) is 0.715. The van der Waals surface area contributed by atoms with E-state index in [-0.39, 0.29) is 35.1 Å². The third kappa shape index (κ3) is 5.08. The molecule has 10 heteroatoms. The Bertz CT molecular complexity index is 816. The summed E-state index contributed by atoms with van der Waals surface area (Å²) in [5.41, 5.74) is 0. The minimum Gasteiger partial charge on any atom is -0.467 e. The van der Waals surface area contributed by atoms with Crippen LogP contribution in [0.5, 0.6) is 0 Å². The molecule has 2 aromatic heterocycles. The molecule has 0 spiro atoms. The molecule has 2 atom stereocenters. The van der Waals surface area contributed by atoms with Gasteiger partial charge in [-0.1, -0.05) is 11.8 Å². The van der Waals surface area contributed by atoms with Crippen molar-refractivity contribution in [2.24, 2.45) is 5.92 Å². The molecule has 8 nitrogen and oxygen atoms in total. The molecule has 1 amide bonds. The highest BCUT2D eigenvalue weighted by Crippen LogP contribution is 2.24. The number of carbonyl (C=O) groups excluding carboxylic acids is 1. The Morgan fingerprint density at radius 3 is 3.00 bits per heavy atom. The molecule has 136 valence electrons. The SMILES string of the molecule is C[C@H](NC(=O)CSc1nnc(C[C@@H]2CCS(=O)(=O)C2)o1)c1ccco1. The van der Waals surface area contributed by atoms with Gasteiger partial charge in [0.1, 0.15) is 5.76 Å². The van der Waals surface area contributed by atoms with Crippen LogP contribution < -0.4 is 5.32 Å². The number of nitrogens with one attached hydrogen (secondary N) is 1. The molecule has 3 rings (SSSR count). The van der Waals surface area contributed by atoms with Crippen LogP contribution in [0.2, 0.25) is 0 Å². The lowest BCUT2D eigenvalue weighted by molar-refractivity contribution is -0.119. The van der Waals surface area contributed by atoms with Gasteiger partial charge in [-0.05, 0) is 31.4 Å². The van der Waals surface area contributed by atoms with Crippen LogP contribution in [0.1, 0.15) is 31.0 Å². The molecule has 0 unspecified atom stereocenters. The Kier molecular flexibility index (Phi) is 5.48. The number of hydrogen-bond acceptors (Lipinski definition) is 8. The van der Waals surface area contributed by atoms with Crippen molar-refractivity contribution in [3.63, 3.8) is 0 Å². The number of aromatic nitrogens is 2. The van der Waals surface area contributed by atoms with Gasteiger partial charge in [-0.2, -0.15) is 0 Å². The van der Waals surface area contributed by atoms with Crippen LogP contribution in [-0.2, 0) is 21.1 Å². The maximum absolute atomic E-state index is 11.9. The smallest absolute Gasteiger partial charge is 0.277 e. The lowest BCUT2D eigenvalue weighted by atomic mass is 10.1. The number of thioether (sulfide) groups is 1. The average molecular weight is 385 g/mol. The summed E-state index contributed by atoms with van der Waals surface area (Å²) in [7, 11) is -2.92. The number of rotatable bonds is 7. The van der Waals surface area contributed by atoms with E-state index in [9.17, 15) is 13.2 Å². The second-order valence-electron chi connectivity index (χ2n) is 6.03. The number of furan rings is 1. The molecule has 0 radical (unpaired) electrons. The van der Waals surface area contributed by atoms with Crippen LogP contribution in [-0.4, -0.2) is 41.8 Å². The second kappa shape index (κ2) is 7.61. The molecule has 1 aliphatic heterocycles. The molecule has 1 aliphatic rings. The first-order valence-electron chi connectivity index (χ1n) is 7.89. The van der Waals surface area contributed by atoms with Gasteiger partial charge in [0.05, 0.1) is 29.6 Å². The molecular weight excluding hydrogens is 366 g/mol. The summed E-state index contributed by atoms with van der Waals surface area (Å²) in [6, 6.07) is 3.35. The topological polar surface area (TPSA) is 115 Å². The highest BCUT2D eigenvalue weighted by atomic mass is 32.2. The minimum atomic E-state index is -2.92. The van der Waals surface area contributed by atoms with E-state index in [1.54, 1.807) is 18.4 Å². The van der Waals surface area contributed by atoms with Crippen LogP contribution in [0.25, 0.3) is 0 Å². The first-order valence-corrected chi connectivity index (χ1v) is 10.7. The van der Waals surface area contributed by atoms with Crippen molar-refractivity contribution in [1.82, 2.24) is 15.5 Å². The third-order valence-electron chi connectivity index (χ3n) is 3.91. The van der Waals surface area contributed by atoms with Crippen molar-refractivity contribution in [2.45, 2.75) is 31.0 Å². The van der Waals surface area contributed by atoms with Gasteiger partial charge >= 0.3 is 0 Å². The van der Waals surface area contributed by atoms with Crippen molar-refractivity contribution in [1.29, 1.82) is 0 Å². The fourth-order valence-corrected chi connectivity index (χ4v) is 5.13. The monoisotopic (exact) mass is 385 g/mol. The van der Waals surface area contributed by atoms with Crippen molar-refractivity contribution in [3.8, 4) is 0 Å². The summed E-state index contributed by atoms with van der Waals surface area (Å²) in [6.45, 7) is 1.84. The molecule has 1 N–H and O–H groups in total. The lowest BCUT2D eigenvalue weighted by Crippen LogP contribution is -2.27. The van der Waals surface area contributed by atoms with Gasteiger partial charge in [-0.15, -0.1) is 10.2 Å². The zero-order chi connectivity index (χ0) is 17.9. The van der Waals surface area contributed by atoms with E-state index in [2.05, 4.69) is 15.5 Å². The van der Waals surface area contributed by atoms with E-state index < -0.39 is 9.84 Å². The molecule has 0 aromatic carbocycles. The van der Waals surface area contributed by atoms with Gasteiger partial charge in [-0.25, -0.2) is 8.42 Å². The molecule has 1 fully saturated rings. The third-order valence-corrected chi connectivity index (χ3v) is 6.57. The Balaban J connectivity index is 1.44. The van der Waals surface area contributed by atoms with Gasteiger partial charge in [0.2, 0.25) is 11.8 Å². The Morgan fingerprint density at radius 2 is 2.32 bits per heavy atom. The van der Waals surface area contributed by atoms with Crippen molar-refractivity contribution >= 4 is 27.5 Å². The summed E-state index contributed by atoms with van der Waals surface area (Å²) >= 11 is 1.15. The standard InChI is InChI=1S/C15H19N3O5S2/c1-10(12-3-2-5-22-12)16-13(19)8-24-15-18-17-14(23-15)7-11-4-6-25(20,21)9-11/h2-3,5,10-11H,4,6-9H2,1H3,(H,16,19)/t10-,11-/m0/s1. The number of hydrogen-bond donors (Lipinski definition) is 1. The first kappa shape index (κ1) is 18.0. The summed E-state index contributed by atoms with van der Waals surface area (Å²) in [4.78, 5) is 11.9. The van der Waals surface area contributed by atoms with Gasteiger partial charge in [0.25, 0.3) is 5.22 Å². The molecule has 0 saturated carbocycles. The van der Waals surface area contributed by atoms with Gasteiger partial charge in [-0.3, -0.25) is 4.79 Å². The van der Waals surface area contributed by atoms with E-state index in [1.165, 1.54) is 0 Å². The summed E-state index contributed by atoms with van der Waals surface area (Å²) in [5.74, 6) is 1.49. The van der Waals surface area contributed by atoms with E-state index in [0.29, 0.717) is 29.7 Å². The summed E-state index contributed by atoms with van der Waals surface area (Å²) in [5, 5.41) is 10.9. The highest BCUT2D eigenvalue weighted by Gasteiger charge is 2.29. The fraction of sp³-hybridized carbons (Fsp3) is 0.533. The Morgan fingerprint density at radius 1 is 1.48 bits per heavy atom. The predicted molar refractivity (Wildman–Crippen MR) is 90.8 cm³/mol. The molecule has 2 aromatic rings. The second-order valence-corrected chi connectivity index (χ2v) is 9.18. The average Bonchev–Trinajstić information content (AvgIpc) is 3.27. The number of nitrogens with zero attached hydrogens (tertiary/aromatic N) is 2. The number of sulfone groups is 1. The van der Waals surface area contributed by atoms with E-state index in [1.807, 2.05) is 6.92 Å². The largest absolute Gasteiger partial charge is 0.467 e. The molecule has 3 heterocycles. The zero-order valence-electron chi connectivity index (χ0n) is 13.7. The summed E-state index contributed by atoms with van der Waals surface area (Å²) in [6.07, 6.45) is 2.64. The van der Waals surface area contributed by atoms with Crippen LogP contribution in [0.4, 0.5) is 0 Å². The maximum Gasteiger partial charge on any atom is 0.277 e. The fourth-order valence-electron chi connectivity index (χ4n) is 2.68. The Labute approximate surface area is 149 Å². The van der Waals surface area contributed by atoms with E-state index >= 15 is 0 Å². The first-order chi connectivity index (χ1) is 11.9. The van der Waals surface area contributed by atoms with E-state index in [4.69, 9.17) is 8.83 Å². The maximum atomic E-state index is 11.9. The molecule has 0 aliphatic carbocycles. The van der Waals surface area contributed by atoms with Crippen LogP contribution >= 0.6 is 11.8 Å². The molecule has 0 bridgehead atoms. The van der Waals surface area contributed by atoms with Crippen LogP contribution in [0, 0.1) is 5.92 Å². The number of amides is 1. The minimum absolute atomic E-state index is 0.0285. The van der Waals surface area contributed by atoms with Crippen molar-refractivity contribution < 1.29 is 22.0 Å². The lowest BCUT2D eigenvalue weighted by Gasteiger charge is -2.10. The normalized spacial score (nSPS) is 20.4. The van der Waals surface area contributed by atoms with Crippen LogP contribution in [0.15, 0.2) is 32.5 Å². The van der Waals surface area contributed by atoms with E-state index in [0.717, 1.165) is 11.8 Å². The molecular formula is C15H19N3O5S2. The van der Waals surface area contributed by atoms with Gasteiger partial charge in [0.15, 0.2) is 9.84 Å². The highest BCUT2D eigenvalue weighted by molar-refractivity contribution is 7.99. The van der Waals surface area contributed by atoms with Gasteiger partial charge in [0, 0.05) is 6.42 Å². The Hall–Kier alpha value is -1.81. The van der Waals surface area contributed by atoms with Crippen molar-refractivity contribution in [2.75, 3.05) is 17.3 Å². The zero-order valence-corrected chi connectivity index (χ0v) is 15.3. The predicted octanol–water partition coefficient (Wildman–Crippen LogP) is 1.61. The number of carbonyl (C=O) groups is 1. The van der Waals surface area contributed by atoms with Crippen molar-refractivity contribution in [3.05, 3.63) is 30.0 Å². The van der Waals surface area contributed by atoms with Gasteiger partial charge < -0.3 is 14.2 Å². The summed E-state index contributed by atoms with van der Waals surface area (Å²) < 4.78 is 33.7. The molecule has 1 saturated heterocycles. The molecule has 25 heavy (non-hydrogen) atoms. The van der Waals surface area contributed by atoms with Crippen LogP contribution in [0.3, 0.4) is 0 Å².